The highest BCUT2D eigenvalue weighted by molar-refractivity contribution is 8.14. The fraction of sp³-hybridized carbons (Fsp3) is 0.222. The number of nitrogens with zero attached hydrogens (tertiary/aromatic N) is 2. The summed E-state index contributed by atoms with van der Waals surface area (Å²) < 4.78 is 0. The molecule has 7 heteroatoms. The van der Waals surface area contributed by atoms with E-state index in [9.17, 15) is 4.79 Å². The van der Waals surface area contributed by atoms with Crippen LogP contribution in [0.15, 0.2) is 53.5 Å². The first-order chi connectivity index (χ1) is 11.7. The van der Waals surface area contributed by atoms with E-state index in [1.54, 1.807) is 18.2 Å². The second-order valence-electron chi connectivity index (χ2n) is 5.78. The van der Waals surface area contributed by atoms with E-state index in [0.717, 1.165) is 35.3 Å². The van der Waals surface area contributed by atoms with E-state index in [1.165, 1.54) is 0 Å². The van der Waals surface area contributed by atoms with Crippen molar-refractivity contribution in [3.05, 3.63) is 64.7 Å². The molecule has 2 heterocycles. The molecule has 130 valence electrons. The Morgan fingerprint density at radius 2 is 2.08 bits per heavy atom. The van der Waals surface area contributed by atoms with Gasteiger partial charge >= 0.3 is 0 Å². The third kappa shape index (κ3) is 3.78. The van der Waals surface area contributed by atoms with E-state index in [1.807, 2.05) is 36.0 Å². The van der Waals surface area contributed by atoms with Gasteiger partial charge in [0.05, 0.1) is 16.6 Å². The van der Waals surface area contributed by atoms with Crippen LogP contribution in [0.2, 0.25) is 5.02 Å². The van der Waals surface area contributed by atoms with E-state index in [2.05, 4.69) is 16.3 Å². The highest BCUT2D eigenvalue weighted by atomic mass is 35.5. The minimum Gasteiger partial charge on any atom is -0.348 e. The maximum absolute atomic E-state index is 12.4. The fourth-order valence-electron chi connectivity index (χ4n) is 2.95. The van der Waals surface area contributed by atoms with Crippen molar-refractivity contribution in [1.29, 1.82) is 0 Å². The Kier molecular flexibility index (Phi) is 5.57. The molecule has 1 saturated heterocycles. The number of anilines is 1. The van der Waals surface area contributed by atoms with Crippen molar-refractivity contribution < 1.29 is 4.79 Å². The van der Waals surface area contributed by atoms with Crippen LogP contribution in [-0.4, -0.2) is 34.8 Å². The fourth-order valence-corrected chi connectivity index (χ4v) is 4.22. The molecule has 0 saturated carbocycles. The molecule has 1 amide bonds. The minimum atomic E-state index is -0.202. The van der Waals surface area contributed by atoms with Crippen LogP contribution in [0.1, 0.15) is 22.0 Å². The average Bonchev–Trinajstić information content (AvgIpc) is 3.17. The lowest BCUT2D eigenvalue weighted by molar-refractivity contribution is 0.102. The number of carbonyl (C=O) groups excluding carboxylic acids is 1. The van der Waals surface area contributed by atoms with E-state index in [4.69, 9.17) is 16.6 Å². The number of hydrogen-bond donors (Lipinski definition) is 1. The van der Waals surface area contributed by atoms with Gasteiger partial charge in [-0.1, -0.05) is 47.6 Å². The first-order valence-electron chi connectivity index (χ1n) is 7.82. The molecule has 2 aliphatic heterocycles. The van der Waals surface area contributed by atoms with Gasteiger partial charge in [-0.2, -0.15) is 0 Å². The van der Waals surface area contributed by atoms with Crippen LogP contribution in [0.4, 0.5) is 5.69 Å². The topological polar surface area (TPSA) is 44.7 Å². The lowest BCUT2D eigenvalue weighted by atomic mass is 10.1. The lowest BCUT2D eigenvalue weighted by Gasteiger charge is -2.14. The molecule has 4 rings (SSSR count). The summed E-state index contributed by atoms with van der Waals surface area (Å²) in [6, 6.07) is 15.1. The van der Waals surface area contributed by atoms with Gasteiger partial charge in [0, 0.05) is 24.5 Å². The summed E-state index contributed by atoms with van der Waals surface area (Å²) >= 11 is 7.90. The van der Waals surface area contributed by atoms with Crippen LogP contribution in [0.25, 0.3) is 0 Å². The minimum absolute atomic E-state index is 0. The third-order valence-electron chi connectivity index (χ3n) is 4.17. The van der Waals surface area contributed by atoms with Gasteiger partial charge in [-0.3, -0.25) is 9.79 Å². The molecule has 0 aliphatic carbocycles. The molecule has 25 heavy (non-hydrogen) atoms. The van der Waals surface area contributed by atoms with Gasteiger partial charge in [-0.05, 0) is 29.8 Å². The number of aliphatic imine (C=N–C) groups is 1. The molecule has 0 aromatic heterocycles. The van der Waals surface area contributed by atoms with Crippen molar-refractivity contribution in [2.75, 3.05) is 24.2 Å². The highest BCUT2D eigenvalue weighted by Gasteiger charge is 2.30. The largest absolute Gasteiger partial charge is 0.348 e. The molecule has 2 aliphatic rings. The van der Waals surface area contributed by atoms with Crippen molar-refractivity contribution in [2.45, 2.75) is 6.04 Å². The van der Waals surface area contributed by atoms with Crippen LogP contribution in [0.3, 0.4) is 0 Å². The molecule has 2 aromatic rings. The summed E-state index contributed by atoms with van der Waals surface area (Å²) in [5.41, 5.74) is 2.36. The number of nitrogens with one attached hydrogen (secondary N) is 1. The van der Waals surface area contributed by atoms with Gasteiger partial charge in [0.15, 0.2) is 5.17 Å². The smallest absolute Gasteiger partial charge is 0.257 e. The van der Waals surface area contributed by atoms with Crippen LogP contribution >= 0.6 is 35.8 Å². The standard InChI is InChI=1S/C18H16ClN3OS.ClH/c19-15-7-2-1-6-14(15)17(23)20-13-5-3-4-12(10-13)16-11-22-8-9-24-18(22)21-16;/h1-7,10,16H,8-9,11H2,(H,20,23);1H. The van der Waals surface area contributed by atoms with Gasteiger partial charge < -0.3 is 10.2 Å². The second-order valence-corrected chi connectivity index (χ2v) is 7.25. The van der Waals surface area contributed by atoms with Crippen molar-refractivity contribution in [2.24, 2.45) is 4.99 Å². The van der Waals surface area contributed by atoms with Gasteiger partial charge in [0.2, 0.25) is 0 Å². The van der Waals surface area contributed by atoms with Crippen LogP contribution in [-0.2, 0) is 0 Å². The molecule has 1 N–H and O–H groups in total. The number of hydrogen-bond acceptors (Lipinski definition) is 4. The predicted molar refractivity (Wildman–Crippen MR) is 107 cm³/mol. The summed E-state index contributed by atoms with van der Waals surface area (Å²) in [7, 11) is 0. The Hall–Kier alpha value is -1.69. The molecular weight excluding hydrogens is 377 g/mol. The zero-order chi connectivity index (χ0) is 16.5. The third-order valence-corrected chi connectivity index (χ3v) is 5.51. The normalized spacial score (nSPS) is 18.4. The molecule has 4 nitrogen and oxygen atoms in total. The van der Waals surface area contributed by atoms with Gasteiger partial charge in [0.1, 0.15) is 0 Å². The second kappa shape index (κ2) is 7.68. The summed E-state index contributed by atoms with van der Waals surface area (Å²) in [6.07, 6.45) is 0. The quantitative estimate of drug-likeness (QED) is 0.835. The number of carbonyl (C=O) groups is 1. The molecule has 1 fully saturated rings. The van der Waals surface area contributed by atoms with Crippen molar-refractivity contribution in [3.63, 3.8) is 0 Å². The van der Waals surface area contributed by atoms with Crippen LogP contribution in [0, 0.1) is 0 Å². The number of halogens is 2. The molecule has 0 spiro atoms. The van der Waals surface area contributed by atoms with E-state index in [-0.39, 0.29) is 24.4 Å². The lowest BCUT2D eigenvalue weighted by Crippen LogP contribution is -2.21. The number of amides is 1. The van der Waals surface area contributed by atoms with Gasteiger partial charge in [0.25, 0.3) is 5.91 Å². The van der Waals surface area contributed by atoms with Crippen LogP contribution in [0.5, 0.6) is 0 Å². The molecule has 0 radical (unpaired) electrons. The van der Waals surface area contributed by atoms with Gasteiger partial charge in [-0.15, -0.1) is 12.4 Å². The number of benzene rings is 2. The zero-order valence-corrected chi connectivity index (χ0v) is 15.7. The van der Waals surface area contributed by atoms with Crippen molar-refractivity contribution in [3.8, 4) is 0 Å². The molecule has 1 atom stereocenters. The number of thioether (sulfide) groups is 1. The maximum atomic E-state index is 12.4. The summed E-state index contributed by atoms with van der Waals surface area (Å²) in [5, 5.41) is 4.52. The SMILES string of the molecule is Cl.O=C(Nc1cccc(C2CN3CCSC3=N2)c1)c1ccccc1Cl. The number of rotatable bonds is 3. The number of fused-ring (bicyclic) bond motifs is 1. The van der Waals surface area contributed by atoms with E-state index in [0.29, 0.717) is 10.6 Å². The van der Waals surface area contributed by atoms with Gasteiger partial charge in [-0.25, -0.2) is 0 Å². The zero-order valence-electron chi connectivity index (χ0n) is 13.3. The van der Waals surface area contributed by atoms with Crippen molar-refractivity contribution in [1.82, 2.24) is 4.90 Å². The average molecular weight is 394 g/mol. The molecular formula is C18H17Cl2N3OS. The Labute approximate surface area is 162 Å². The predicted octanol–water partition coefficient (Wildman–Crippen LogP) is 4.47. The Morgan fingerprint density at radius 3 is 2.88 bits per heavy atom. The first kappa shape index (κ1) is 18.1. The number of amidine groups is 1. The Bertz CT molecular complexity index is 827. The highest BCUT2D eigenvalue weighted by Crippen LogP contribution is 2.33. The van der Waals surface area contributed by atoms with Crippen LogP contribution < -0.4 is 5.32 Å². The Balaban J connectivity index is 0.00000182. The maximum Gasteiger partial charge on any atom is 0.257 e. The van der Waals surface area contributed by atoms with Crippen molar-refractivity contribution >= 4 is 52.5 Å². The molecule has 0 bridgehead atoms. The van der Waals surface area contributed by atoms with E-state index >= 15 is 0 Å². The molecule has 1 unspecified atom stereocenters. The summed E-state index contributed by atoms with van der Waals surface area (Å²) in [6.45, 7) is 1.99. The first-order valence-corrected chi connectivity index (χ1v) is 9.18. The van der Waals surface area contributed by atoms with E-state index < -0.39 is 0 Å². The molecule has 2 aromatic carbocycles. The summed E-state index contributed by atoms with van der Waals surface area (Å²) in [4.78, 5) is 19.5. The monoisotopic (exact) mass is 393 g/mol. The summed E-state index contributed by atoms with van der Waals surface area (Å²) in [5.74, 6) is 0.922. The Morgan fingerprint density at radius 1 is 1.24 bits per heavy atom.